The maximum absolute atomic E-state index is 11.7. The molecule has 15 heavy (non-hydrogen) atoms. The van der Waals surface area contributed by atoms with Crippen LogP contribution in [-0.4, -0.2) is 28.7 Å². The van der Waals surface area contributed by atoms with Crippen LogP contribution in [0.3, 0.4) is 0 Å². The van der Waals surface area contributed by atoms with E-state index in [-0.39, 0.29) is 18.0 Å². The topological polar surface area (TPSA) is 81.4 Å². The summed E-state index contributed by atoms with van der Waals surface area (Å²) in [5.74, 6) is 0. The lowest BCUT2D eigenvalue weighted by Crippen LogP contribution is -2.27. The molecule has 0 amide bonds. The van der Waals surface area contributed by atoms with Crippen molar-refractivity contribution >= 4 is 21.4 Å². The quantitative estimate of drug-likeness (QED) is 0.703. The lowest BCUT2D eigenvalue weighted by Gasteiger charge is -2.05. The first-order chi connectivity index (χ1) is 7.11. The van der Waals surface area contributed by atoms with E-state index in [4.69, 9.17) is 10.5 Å². The summed E-state index contributed by atoms with van der Waals surface area (Å²) in [6.07, 6.45) is 0. The van der Waals surface area contributed by atoms with Gasteiger partial charge in [0.15, 0.2) is 0 Å². The molecule has 7 heteroatoms. The fraction of sp³-hybridized carbons (Fsp3) is 0.500. The van der Waals surface area contributed by atoms with Gasteiger partial charge in [-0.25, -0.2) is 13.1 Å². The van der Waals surface area contributed by atoms with Crippen LogP contribution in [0.1, 0.15) is 4.88 Å². The predicted molar refractivity (Wildman–Crippen MR) is 59.3 cm³/mol. The summed E-state index contributed by atoms with van der Waals surface area (Å²) >= 11 is 1.34. The zero-order chi connectivity index (χ0) is 11.3. The first-order valence-electron chi connectivity index (χ1n) is 4.37. The Labute approximate surface area is 93.3 Å². The molecule has 1 aromatic heterocycles. The van der Waals surface area contributed by atoms with Crippen LogP contribution in [0.15, 0.2) is 16.3 Å². The van der Waals surface area contributed by atoms with Gasteiger partial charge >= 0.3 is 0 Å². The Hall–Kier alpha value is -0.470. The van der Waals surface area contributed by atoms with E-state index in [9.17, 15) is 8.42 Å². The highest BCUT2D eigenvalue weighted by Crippen LogP contribution is 2.20. The molecule has 1 aromatic rings. The normalized spacial score (nSPS) is 11.9. The molecule has 0 atom stereocenters. The Balaban J connectivity index is 2.77. The van der Waals surface area contributed by atoms with Crippen molar-refractivity contribution < 1.29 is 13.2 Å². The van der Waals surface area contributed by atoms with E-state index in [0.29, 0.717) is 11.5 Å². The lowest BCUT2D eigenvalue weighted by molar-refractivity contribution is 0.204. The van der Waals surface area contributed by atoms with Gasteiger partial charge in [0.25, 0.3) is 0 Å². The number of sulfonamides is 1. The summed E-state index contributed by atoms with van der Waals surface area (Å²) < 4.78 is 30.7. The number of thiophene rings is 1. The Kier molecular flexibility index (Phi) is 4.68. The van der Waals surface area contributed by atoms with Crippen molar-refractivity contribution in [1.29, 1.82) is 0 Å². The molecular formula is C8H14N2O3S2. The van der Waals surface area contributed by atoms with Crippen molar-refractivity contribution in [2.45, 2.75) is 11.4 Å². The van der Waals surface area contributed by atoms with E-state index < -0.39 is 10.0 Å². The van der Waals surface area contributed by atoms with Gasteiger partial charge in [-0.2, -0.15) is 0 Å². The van der Waals surface area contributed by atoms with Gasteiger partial charge in [-0.05, 0) is 11.4 Å². The second-order valence-corrected chi connectivity index (χ2v) is 5.54. The Morgan fingerprint density at radius 1 is 1.60 bits per heavy atom. The van der Waals surface area contributed by atoms with Crippen molar-refractivity contribution in [1.82, 2.24) is 4.72 Å². The van der Waals surface area contributed by atoms with Gasteiger partial charge in [0.05, 0.1) is 11.5 Å². The Morgan fingerprint density at radius 3 is 2.93 bits per heavy atom. The van der Waals surface area contributed by atoms with Gasteiger partial charge < -0.3 is 10.5 Å². The largest absolute Gasteiger partial charge is 0.383 e. The first kappa shape index (κ1) is 12.6. The summed E-state index contributed by atoms with van der Waals surface area (Å²) in [6, 6.07) is 1.56. The van der Waals surface area contributed by atoms with Crippen molar-refractivity contribution in [2.75, 3.05) is 20.3 Å². The van der Waals surface area contributed by atoms with Crippen molar-refractivity contribution in [3.8, 4) is 0 Å². The molecule has 0 saturated heterocycles. The average molecular weight is 250 g/mol. The Morgan fingerprint density at radius 2 is 2.33 bits per heavy atom. The summed E-state index contributed by atoms with van der Waals surface area (Å²) in [4.78, 5) is 0.936. The molecule has 3 N–H and O–H groups in total. The minimum Gasteiger partial charge on any atom is -0.383 e. The van der Waals surface area contributed by atoms with Crippen LogP contribution in [0, 0.1) is 0 Å². The molecular weight excluding hydrogens is 236 g/mol. The highest BCUT2D eigenvalue weighted by atomic mass is 32.2. The van der Waals surface area contributed by atoms with E-state index in [1.54, 1.807) is 11.4 Å². The van der Waals surface area contributed by atoms with Crippen LogP contribution in [0.25, 0.3) is 0 Å². The van der Waals surface area contributed by atoms with Gasteiger partial charge in [0.2, 0.25) is 10.0 Å². The maximum atomic E-state index is 11.7. The minimum atomic E-state index is -3.43. The summed E-state index contributed by atoms with van der Waals surface area (Å²) in [7, 11) is -1.91. The molecule has 0 aromatic carbocycles. The number of nitrogens with two attached hydrogens (primary N) is 1. The molecule has 5 nitrogen and oxygen atoms in total. The predicted octanol–water partition coefficient (Wildman–Crippen LogP) is 0.131. The molecule has 0 aliphatic rings. The van der Waals surface area contributed by atoms with E-state index in [2.05, 4.69) is 4.72 Å². The van der Waals surface area contributed by atoms with Gasteiger partial charge in [0.1, 0.15) is 0 Å². The Bertz CT molecular complexity index is 400. The van der Waals surface area contributed by atoms with Gasteiger partial charge in [-0.3, -0.25) is 0 Å². The molecule has 1 heterocycles. The van der Waals surface area contributed by atoms with Crippen molar-refractivity contribution in [3.63, 3.8) is 0 Å². The fourth-order valence-corrected chi connectivity index (χ4v) is 3.42. The van der Waals surface area contributed by atoms with Crippen molar-refractivity contribution in [3.05, 3.63) is 16.3 Å². The standard InChI is InChI=1S/C8H14N2O3S2/c1-13-4-3-10-15(11,12)8-2-5-14-7(8)6-9/h2,5,10H,3-4,6,9H2,1H3. The molecule has 0 saturated carbocycles. The van der Waals surface area contributed by atoms with Crippen LogP contribution in [0.5, 0.6) is 0 Å². The number of hydrogen-bond acceptors (Lipinski definition) is 5. The zero-order valence-electron chi connectivity index (χ0n) is 8.39. The molecule has 0 fully saturated rings. The number of rotatable bonds is 6. The fourth-order valence-electron chi connectivity index (χ4n) is 1.07. The SMILES string of the molecule is COCCNS(=O)(=O)c1ccsc1CN. The van der Waals surface area contributed by atoms with Crippen LogP contribution in [0.2, 0.25) is 0 Å². The number of methoxy groups -OCH3 is 1. The molecule has 0 aliphatic carbocycles. The highest BCUT2D eigenvalue weighted by Gasteiger charge is 2.17. The van der Waals surface area contributed by atoms with Crippen molar-refractivity contribution in [2.24, 2.45) is 5.73 Å². The van der Waals surface area contributed by atoms with E-state index in [1.807, 2.05) is 0 Å². The first-order valence-corrected chi connectivity index (χ1v) is 6.73. The number of hydrogen-bond donors (Lipinski definition) is 2. The summed E-state index contributed by atoms with van der Waals surface area (Å²) in [5.41, 5.74) is 5.44. The van der Waals surface area contributed by atoms with E-state index in [0.717, 1.165) is 0 Å². The number of ether oxygens (including phenoxy) is 1. The highest BCUT2D eigenvalue weighted by molar-refractivity contribution is 7.89. The monoisotopic (exact) mass is 250 g/mol. The number of nitrogens with one attached hydrogen (secondary N) is 1. The molecule has 0 bridgehead atoms. The maximum Gasteiger partial charge on any atom is 0.241 e. The third-order valence-electron chi connectivity index (χ3n) is 1.78. The second kappa shape index (κ2) is 5.57. The molecule has 0 unspecified atom stereocenters. The summed E-state index contributed by atoms with van der Waals surface area (Å²) in [6.45, 7) is 0.845. The third-order valence-corrected chi connectivity index (χ3v) is 4.40. The van der Waals surface area contributed by atoms with E-state index >= 15 is 0 Å². The molecule has 0 aliphatic heterocycles. The van der Waals surface area contributed by atoms with Gasteiger partial charge in [-0.1, -0.05) is 0 Å². The minimum absolute atomic E-state index is 0.234. The van der Waals surface area contributed by atoms with E-state index in [1.165, 1.54) is 18.4 Å². The lowest BCUT2D eigenvalue weighted by atomic mass is 10.5. The van der Waals surface area contributed by atoms with Crippen LogP contribution < -0.4 is 10.5 Å². The summed E-state index contributed by atoms with van der Waals surface area (Å²) in [5, 5.41) is 1.72. The molecule has 1 rings (SSSR count). The molecule has 86 valence electrons. The smallest absolute Gasteiger partial charge is 0.241 e. The van der Waals surface area contributed by atoms with Crippen LogP contribution in [-0.2, 0) is 21.3 Å². The average Bonchev–Trinajstić information content (AvgIpc) is 2.66. The third kappa shape index (κ3) is 3.25. The molecule has 0 spiro atoms. The van der Waals surface area contributed by atoms with Gasteiger partial charge in [0, 0.05) is 25.1 Å². The zero-order valence-corrected chi connectivity index (χ0v) is 10.0. The molecule has 0 radical (unpaired) electrons. The van der Waals surface area contributed by atoms with Gasteiger partial charge in [-0.15, -0.1) is 11.3 Å². The van der Waals surface area contributed by atoms with Crippen LogP contribution >= 0.6 is 11.3 Å². The second-order valence-electron chi connectivity index (χ2n) is 2.80. The van der Waals surface area contributed by atoms with Crippen LogP contribution in [0.4, 0.5) is 0 Å².